The first kappa shape index (κ1) is 31.5. The van der Waals surface area contributed by atoms with Gasteiger partial charge in [0, 0.05) is 5.92 Å². The molecule has 0 saturated heterocycles. The van der Waals surface area contributed by atoms with Crippen molar-refractivity contribution in [1.82, 2.24) is 5.32 Å². The van der Waals surface area contributed by atoms with Crippen LogP contribution < -0.4 is 5.32 Å². The molecule has 2 atom stereocenters. The van der Waals surface area contributed by atoms with Crippen LogP contribution in [0.1, 0.15) is 59.1 Å². The molecule has 2 rings (SSSR count). The molecule has 0 unspecified atom stereocenters. The van der Waals surface area contributed by atoms with Crippen LogP contribution in [-0.2, 0) is 40.7 Å². The van der Waals surface area contributed by atoms with E-state index < -0.39 is 43.0 Å². The lowest BCUT2D eigenvalue weighted by atomic mass is 9.93. The summed E-state index contributed by atoms with van der Waals surface area (Å²) in [5, 5.41) is 12.5. The van der Waals surface area contributed by atoms with Gasteiger partial charge in [-0.2, -0.15) is 0 Å². The molecule has 0 saturated carbocycles. The maximum atomic E-state index is 13.6. The smallest absolute Gasteiger partial charge is 0.475 e. The third kappa shape index (κ3) is 12.2. The largest absolute Gasteiger partial charge is 0.480 e. The molecular formula is C28H40NO8P. The Morgan fingerprint density at radius 3 is 1.84 bits per heavy atom. The minimum Gasteiger partial charge on any atom is -0.480 e. The van der Waals surface area contributed by atoms with Gasteiger partial charge >= 0.3 is 19.9 Å². The highest BCUT2D eigenvalue weighted by Gasteiger charge is 2.39. The molecule has 2 aromatic rings. The van der Waals surface area contributed by atoms with Crippen molar-refractivity contribution in [2.75, 3.05) is 6.61 Å². The Kier molecular flexibility index (Phi) is 11.5. The molecule has 10 heteroatoms. The molecule has 0 spiro atoms. The predicted octanol–water partition coefficient (Wildman–Crippen LogP) is 6.37. The summed E-state index contributed by atoms with van der Waals surface area (Å²) in [7, 11) is -4.11. The highest BCUT2D eigenvalue weighted by Crippen LogP contribution is 2.55. The molecule has 0 radical (unpaired) electrons. The van der Waals surface area contributed by atoms with Crippen molar-refractivity contribution >= 4 is 19.9 Å². The number of hydrogen-bond donors (Lipinski definition) is 2. The van der Waals surface area contributed by atoms with Crippen LogP contribution in [0.3, 0.4) is 0 Å². The zero-order valence-corrected chi connectivity index (χ0v) is 23.9. The lowest BCUT2D eigenvalue weighted by Crippen LogP contribution is -2.47. The van der Waals surface area contributed by atoms with Crippen molar-refractivity contribution in [3.05, 3.63) is 71.8 Å². The van der Waals surface area contributed by atoms with Gasteiger partial charge in [-0.25, -0.2) is 14.2 Å². The normalized spacial score (nSPS) is 13.9. The zero-order valence-electron chi connectivity index (χ0n) is 23.0. The molecule has 2 aromatic carbocycles. The van der Waals surface area contributed by atoms with Gasteiger partial charge in [-0.05, 0) is 65.5 Å². The van der Waals surface area contributed by atoms with Crippen molar-refractivity contribution in [2.24, 2.45) is 5.92 Å². The Hall–Kier alpha value is -2.71. The highest BCUT2D eigenvalue weighted by molar-refractivity contribution is 7.48. The summed E-state index contributed by atoms with van der Waals surface area (Å²) in [6.45, 7) is 9.97. The van der Waals surface area contributed by atoms with Crippen LogP contribution in [0.25, 0.3) is 0 Å². The summed E-state index contributed by atoms with van der Waals surface area (Å²) in [4.78, 5) is 24.8. The van der Waals surface area contributed by atoms with Crippen LogP contribution in [0.5, 0.6) is 0 Å². The summed E-state index contributed by atoms with van der Waals surface area (Å²) in [5.41, 5.74) is 0.0318. The number of carboxylic acids is 1. The number of ether oxygens (including phenoxy) is 1. The molecule has 0 aliphatic heterocycles. The number of carbonyl (C=O) groups is 2. The number of aryl methyl sites for hydroxylation is 1. The molecule has 0 aliphatic rings. The van der Waals surface area contributed by atoms with Gasteiger partial charge in [0.05, 0.1) is 17.8 Å². The second-order valence-electron chi connectivity index (χ2n) is 11.0. The van der Waals surface area contributed by atoms with E-state index in [9.17, 15) is 19.3 Å². The number of nitrogens with one attached hydrogen (secondary N) is 1. The standard InChI is InChI=1S/C28H40NO8P/c1-27(2,3)36-38(33,37-28(4,5)6)35-20-23(18-17-21-13-9-7-10-14-21)24(25(30)31)29-26(32)34-19-22-15-11-8-12-16-22/h7-16,23-24H,17-20H2,1-6H3,(H,29,32)(H,30,31)/t23-,24-/m0/s1. The molecule has 210 valence electrons. The van der Waals surface area contributed by atoms with Gasteiger partial charge in [-0.1, -0.05) is 60.7 Å². The number of carbonyl (C=O) groups excluding carboxylic acids is 1. The molecule has 1 amide bonds. The number of hydrogen-bond acceptors (Lipinski definition) is 7. The minimum atomic E-state index is -4.11. The quantitative estimate of drug-likeness (QED) is 0.277. The van der Waals surface area contributed by atoms with Crippen molar-refractivity contribution in [2.45, 2.75) is 78.2 Å². The maximum Gasteiger partial charge on any atom is 0.475 e. The first-order valence-electron chi connectivity index (χ1n) is 12.6. The van der Waals surface area contributed by atoms with Crippen LogP contribution in [0.2, 0.25) is 0 Å². The monoisotopic (exact) mass is 549 g/mol. The van der Waals surface area contributed by atoms with Gasteiger partial charge in [0.2, 0.25) is 0 Å². The molecule has 9 nitrogen and oxygen atoms in total. The van der Waals surface area contributed by atoms with Gasteiger partial charge in [0.15, 0.2) is 0 Å². The first-order chi connectivity index (χ1) is 17.7. The van der Waals surface area contributed by atoms with Gasteiger partial charge in [-0.3, -0.25) is 13.6 Å². The number of alkyl carbamates (subject to hydrolysis) is 1. The minimum absolute atomic E-state index is 0.0156. The van der Waals surface area contributed by atoms with Crippen molar-refractivity contribution in [3.8, 4) is 0 Å². The third-order valence-electron chi connectivity index (χ3n) is 5.09. The van der Waals surface area contributed by atoms with Gasteiger partial charge in [0.1, 0.15) is 12.6 Å². The topological polar surface area (TPSA) is 120 Å². The van der Waals surface area contributed by atoms with Crippen LogP contribution in [0.15, 0.2) is 60.7 Å². The van der Waals surface area contributed by atoms with Crippen molar-refractivity contribution in [1.29, 1.82) is 0 Å². The number of rotatable bonds is 13. The predicted molar refractivity (Wildman–Crippen MR) is 145 cm³/mol. The lowest BCUT2D eigenvalue weighted by molar-refractivity contribution is -0.141. The fraction of sp³-hybridized carbons (Fsp3) is 0.500. The molecule has 0 aromatic heterocycles. The van der Waals surface area contributed by atoms with Gasteiger partial charge < -0.3 is 15.2 Å². The van der Waals surface area contributed by atoms with E-state index in [0.717, 1.165) is 11.1 Å². The second-order valence-corrected chi connectivity index (χ2v) is 12.5. The molecule has 0 fully saturated rings. The van der Waals surface area contributed by atoms with Crippen LogP contribution in [0, 0.1) is 5.92 Å². The average Bonchev–Trinajstić information content (AvgIpc) is 2.80. The summed E-state index contributed by atoms with van der Waals surface area (Å²) in [5.74, 6) is -2.05. The average molecular weight is 550 g/mol. The summed E-state index contributed by atoms with van der Waals surface area (Å²) < 4.78 is 35.9. The first-order valence-corrected chi connectivity index (χ1v) is 14.0. The second kappa shape index (κ2) is 13.9. The molecule has 0 heterocycles. The Morgan fingerprint density at radius 2 is 1.37 bits per heavy atom. The van der Waals surface area contributed by atoms with E-state index in [1.54, 1.807) is 53.7 Å². The summed E-state index contributed by atoms with van der Waals surface area (Å²) in [6, 6.07) is 17.2. The number of aliphatic carboxylic acids is 1. The van der Waals surface area contributed by atoms with E-state index in [4.69, 9.17) is 18.3 Å². The molecular weight excluding hydrogens is 509 g/mol. The van der Waals surface area contributed by atoms with E-state index in [1.807, 2.05) is 48.5 Å². The Labute approximate surface area is 225 Å². The SMILES string of the molecule is CC(C)(C)OP(=O)(OC[C@H](CCc1ccccc1)[C@H](NC(=O)OCc1ccccc1)C(=O)O)OC(C)(C)C. The fourth-order valence-electron chi connectivity index (χ4n) is 3.55. The van der Waals surface area contributed by atoms with Crippen molar-refractivity contribution in [3.63, 3.8) is 0 Å². The summed E-state index contributed by atoms with van der Waals surface area (Å²) >= 11 is 0. The molecule has 38 heavy (non-hydrogen) atoms. The van der Waals surface area contributed by atoms with E-state index in [1.165, 1.54) is 0 Å². The number of amides is 1. The number of phosphoric acid groups is 1. The van der Waals surface area contributed by atoms with Crippen LogP contribution in [-0.4, -0.2) is 41.0 Å². The number of phosphoric ester groups is 1. The lowest BCUT2D eigenvalue weighted by Gasteiger charge is -2.32. The van der Waals surface area contributed by atoms with E-state index in [0.29, 0.717) is 12.8 Å². The zero-order chi connectivity index (χ0) is 28.4. The third-order valence-corrected chi connectivity index (χ3v) is 7.10. The van der Waals surface area contributed by atoms with Crippen molar-refractivity contribution < 1.29 is 37.6 Å². The summed E-state index contributed by atoms with van der Waals surface area (Å²) in [6.07, 6.45) is -0.0689. The molecule has 2 N–H and O–H groups in total. The van der Waals surface area contributed by atoms with E-state index >= 15 is 0 Å². The van der Waals surface area contributed by atoms with E-state index in [2.05, 4.69) is 5.32 Å². The molecule has 0 aliphatic carbocycles. The number of carboxylic acid groups (broad SMARTS) is 1. The van der Waals surface area contributed by atoms with E-state index in [-0.39, 0.29) is 13.2 Å². The number of benzene rings is 2. The Bertz CT molecular complexity index is 1040. The van der Waals surface area contributed by atoms with Crippen LogP contribution in [0.4, 0.5) is 4.79 Å². The molecule has 0 bridgehead atoms. The van der Waals surface area contributed by atoms with Gasteiger partial charge in [-0.15, -0.1) is 0 Å². The Balaban J connectivity index is 2.22. The fourth-order valence-corrected chi connectivity index (χ4v) is 5.40. The van der Waals surface area contributed by atoms with Crippen LogP contribution >= 0.6 is 7.82 Å². The highest BCUT2D eigenvalue weighted by atomic mass is 31.2. The van der Waals surface area contributed by atoms with Gasteiger partial charge in [0.25, 0.3) is 0 Å². The Morgan fingerprint density at radius 1 is 0.868 bits per heavy atom. The maximum absolute atomic E-state index is 13.6.